The van der Waals surface area contributed by atoms with Crippen molar-refractivity contribution in [2.75, 3.05) is 7.11 Å². The number of ketones is 2. The second-order valence-corrected chi connectivity index (χ2v) is 16.0. The molecular formula is C39H50Cl2O8S. The summed E-state index contributed by atoms with van der Waals surface area (Å²) in [5, 5.41) is 1.40. The van der Waals surface area contributed by atoms with Gasteiger partial charge in [0.15, 0.2) is 5.78 Å². The van der Waals surface area contributed by atoms with Crippen molar-refractivity contribution in [2.45, 2.75) is 90.9 Å². The summed E-state index contributed by atoms with van der Waals surface area (Å²) in [4.78, 5) is 37.5. The van der Waals surface area contributed by atoms with Gasteiger partial charge in [-0.25, -0.2) is 0 Å². The number of hydrogen-bond acceptors (Lipinski definition) is 6. The Kier molecular flexibility index (Phi) is 15.4. The summed E-state index contributed by atoms with van der Waals surface area (Å²) in [6, 6.07) is 21.1. The third-order valence-electron chi connectivity index (χ3n) is 10.4. The van der Waals surface area contributed by atoms with Gasteiger partial charge < -0.3 is 10.2 Å². The third kappa shape index (κ3) is 10.5. The quantitative estimate of drug-likeness (QED) is 0.138. The van der Waals surface area contributed by atoms with Crippen LogP contribution in [-0.4, -0.2) is 43.1 Å². The Morgan fingerprint density at radius 1 is 0.820 bits per heavy atom. The minimum Gasteiger partial charge on any atom is -0.468 e. The maximum Gasteiger partial charge on any atom is 0.319 e. The van der Waals surface area contributed by atoms with Crippen LogP contribution in [0.4, 0.5) is 0 Å². The zero-order chi connectivity index (χ0) is 36.6. The highest BCUT2D eigenvalue weighted by Crippen LogP contribution is 2.50. The first kappa shape index (κ1) is 43.1. The zero-order valence-electron chi connectivity index (χ0n) is 29.7. The Labute approximate surface area is 307 Å². The Morgan fingerprint density at radius 3 is 1.74 bits per heavy atom. The van der Waals surface area contributed by atoms with E-state index < -0.39 is 26.9 Å². The minimum absolute atomic E-state index is 0. The molecule has 0 radical (unpaired) electrons. The molecule has 5 rings (SSSR count). The highest BCUT2D eigenvalue weighted by Gasteiger charge is 2.58. The number of hydrogen-bond donors (Lipinski definition) is 1. The fraction of sp³-hybridized carbons (Fsp3) is 0.462. The molecule has 274 valence electrons. The number of esters is 1. The highest BCUT2D eigenvalue weighted by molar-refractivity contribution is 7.85. The molecule has 0 spiro atoms. The number of Topliss-reactive ketones (excluding diaryl/α,β-unsaturated/α-hetero) is 2. The van der Waals surface area contributed by atoms with Crippen molar-refractivity contribution in [3.63, 3.8) is 0 Å². The van der Waals surface area contributed by atoms with Gasteiger partial charge in [0.1, 0.15) is 11.2 Å². The first-order chi connectivity index (χ1) is 22.9. The van der Waals surface area contributed by atoms with E-state index in [1.54, 1.807) is 24.3 Å². The van der Waals surface area contributed by atoms with E-state index in [9.17, 15) is 22.8 Å². The van der Waals surface area contributed by atoms with E-state index >= 15 is 0 Å². The number of ether oxygens (including phenoxy) is 1. The average molecular weight is 750 g/mol. The molecule has 0 bridgehead atoms. The van der Waals surface area contributed by atoms with Crippen LogP contribution >= 0.6 is 23.2 Å². The molecule has 2 aliphatic carbocycles. The average Bonchev–Trinajstić information content (AvgIpc) is 3.51. The van der Waals surface area contributed by atoms with Gasteiger partial charge in [0.2, 0.25) is 0 Å². The van der Waals surface area contributed by atoms with E-state index in [0.717, 1.165) is 54.7 Å². The molecule has 11 heteroatoms. The lowest BCUT2D eigenvalue weighted by Gasteiger charge is -2.28. The van der Waals surface area contributed by atoms with Crippen LogP contribution in [0.1, 0.15) is 82.9 Å². The van der Waals surface area contributed by atoms with Crippen molar-refractivity contribution in [2.24, 2.45) is 22.2 Å². The van der Waals surface area contributed by atoms with Gasteiger partial charge in [-0.3, -0.25) is 18.9 Å². The van der Waals surface area contributed by atoms with Crippen LogP contribution in [0.3, 0.4) is 0 Å². The monoisotopic (exact) mass is 748 g/mol. The summed E-state index contributed by atoms with van der Waals surface area (Å²) in [7, 11) is -2.67. The molecule has 3 N–H and O–H groups in total. The lowest BCUT2D eigenvalue weighted by atomic mass is 9.74. The number of aryl methyl sites for hydroxylation is 1. The largest absolute Gasteiger partial charge is 0.468 e. The molecule has 3 aromatic rings. The van der Waals surface area contributed by atoms with Crippen molar-refractivity contribution in [3.8, 4) is 0 Å². The number of carbonyl (C=O) groups excluding carboxylic acids is 3. The maximum atomic E-state index is 12.9. The molecule has 3 aromatic carbocycles. The summed E-state index contributed by atoms with van der Waals surface area (Å²) in [5.41, 5.74) is 1.55. The smallest absolute Gasteiger partial charge is 0.319 e. The first-order valence-electron chi connectivity index (χ1n) is 16.6. The highest BCUT2D eigenvalue weighted by atomic mass is 35.5. The second kappa shape index (κ2) is 17.9. The lowest BCUT2D eigenvalue weighted by Crippen LogP contribution is -2.42. The summed E-state index contributed by atoms with van der Waals surface area (Å²) in [5.74, 6) is 0.259. The molecule has 2 aliphatic rings. The molecular weight excluding hydrogens is 699 g/mol. The molecule has 4 unspecified atom stereocenters. The molecule has 4 atom stereocenters. The summed E-state index contributed by atoms with van der Waals surface area (Å²) in [6.45, 7) is 10.0. The predicted octanol–water partition coefficient (Wildman–Crippen LogP) is 8.52. The second-order valence-electron chi connectivity index (χ2n) is 13.8. The van der Waals surface area contributed by atoms with Crippen molar-refractivity contribution < 1.29 is 37.6 Å². The molecule has 2 fully saturated rings. The van der Waals surface area contributed by atoms with Crippen molar-refractivity contribution in [3.05, 3.63) is 99.5 Å². The Bertz CT molecular complexity index is 1710. The van der Waals surface area contributed by atoms with E-state index in [-0.39, 0.29) is 27.5 Å². The number of methoxy groups -OCH3 is 1. The van der Waals surface area contributed by atoms with Crippen LogP contribution in [0.15, 0.2) is 77.7 Å². The van der Waals surface area contributed by atoms with Gasteiger partial charge >= 0.3 is 5.97 Å². The normalized spacial score (nSPS) is 24.3. The summed E-state index contributed by atoms with van der Waals surface area (Å²) in [6.07, 6.45) is 6.30. The van der Waals surface area contributed by atoms with E-state index in [1.165, 1.54) is 24.8 Å². The van der Waals surface area contributed by atoms with E-state index in [2.05, 4.69) is 13.8 Å². The van der Waals surface area contributed by atoms with Crippen LogP contribution in [0.2, 0.25) is 10.0 Å². The standard InChI is InChI=1S/C17H21ClO3.C15H19ClO.C7H8O3S.H2O/c1-4-16(2)9-10-17(14(16)19,15(20)21-3)11-12-5-7-13(18)8-6-12;1-3-15(2)9-8-12(14(15)17)10-11-4-6-13(16)7-5-11;1-6-2-4-7(5-3-6)11(8,9)10;/h5-8H,4,9-11H2,1-3H3;4-7,12H,3,8-10H2,1-2H3;2-5H,1H3,(H,8,9,10);1H2. The SMILES string of the molecule is CCC1(C)CCC(Cc2ccc(Cl)cc2)(C(=O)OC)C1=O.CCC1(C)CCC(Cc2ccc(Cl)cc2)C1=O.Cc1ccc(S(=O)(=O)O)cc1.O. The lowest BCUT2D eigenvalue weighted by molar-refractivity contribution is -0.158. The Balaban J connectivity index is 0.000000270. The summed E-state index contributed by atoms with van der Waals surface area (Å²) >= 11 is 11.7. The van der Waals surface area contributed by atoms with Gasteiger partial charge in [-0.05, 0) is 106 Å². The molecule has 0 heterocycles. The van der Waals surface area contributed by atoms with Gasteiger partial charge in [-0.1, -0.05) is 92.9 Å². The number of rotatable bonds is 8. The van der Waals surface area contributed by atoms with Gasteiger partial charge in [-0.15, -0.1) is 0 Å². The first-order valence-corrected chi connectivity index (χ1v) is 18.8. The maximum absolute atomic E-state index is 12.9. The van der Waals surface area contributed by atoms with Gasteiger partial charge in [0, 0.05) is 26.8 Å². The Hall–Kier alpha value is -3.08. The number of benzene rings is 3. The van der Waals surface area contributed by atoms with Crippen molar-refractivity contribution >= 4 is 50.9 Å². The van der Waals surface area contributed by atoms with E-state index in [4.69, 9.17) is 32.5 Å². The third-order valence-corrected chi connectivity index (χ3v) is 11.7. The topological polar surface area (TPSA) is 146 Å². The Morgan fingerprint density at radius 2 is 1.32 bits per heavy atom. The molecule has 0 amide bonds. The molecule has 8 nitrogen and oxygen atoms in total. The molecule has 0 aliphatic heterocycles. The molecule has 0 aromatic heterocycles. The fourth-order valence-corrected chi connectivity index (χ4v) is 7.35. The molecule has 2 saturated carbocycles. The van der Waals surface area contributed by atoms with Gasteiger partial charge in [0.25, 0.3) is 10.1 Å². The van der Waals surface area contributed by atoms with Gasteiger partial charge in [0.05, 0.1) is 12.0 Å². The summed E-state index contributed by atoms with van der Waals surface area (Å²) < 4.78 is 34.5. The van der Waals surface area contributed by atoms with Crippen LogP contribution in [0.25, 0.3) is 0 Å². The molecule has 50 heavy (non-hydrogen) atoms. The predicted molar refractivity (Wildman–Crippen MR) is 198 cm³/mol. The van der Waals surface area contributed by atoms with Crippen LogP contribution in [0, 0.1) is 29.1 Å². The van der Waals surface area contributed by atoms with Gasteiger partial charge in [-0.2, -0.15) is 8.42 Å². The van der Waals surface area contributed by atoms with E-state index in [0.29, 0.717) is 23.6 Å². The van der Waals surface area contributed by atoms with Crippen LogP contribution < -0.4 is 0 Å². The fourth-order valence-electron chi connectivity index (χ4n) is 6.61. The van der Waals surface area contributed by atoms with Crippen molar-refractivity contribution in [1.82, 2.24) is 0 Å². The van der Waals surface area contributed by atoms with Crippen molar-refractivity contribution in [1.29, 1.82) is 0 Å². The van der Waals surface area contributed by atoms with Crippen LogP contribution in [-0.2, 0) is 42.1 Å². The minimum atomic E-state index is -4.02. The molecule has 0 saturated heterocycles. The number of halogens is 2. The number of carbonyl (C=O) groups is 3. The van der Waals surface area contributed by atoms with Crippen LogP contribution in [0.5, 0.6) is 0 Å². The zero-order valence-corrected chi connectivity index (χ0v) is 32.1. The van der Waals surface area contributed by atoms with E-state index in [1.807, 2.05) is 57.2 Å².